The Labute approximate surface area is 80.3 Å². The molecule has 0 aromatic carbocycles. The maximum atomic E-state index is 11.7. The zero-order chi connectivity index (χ0) is 11.2. The molecule has 0 fully saturated rings. The van der Waals surface area contributed by atoms with Crippen molar-refractivity contribution < 1.29 is 23.1 Å². The molecule has 6 heteroatoms. The summed E-state index contributed by atoms with van der Waals surface area (Å²) in [6.07, 6.45) is -2.78. The van der Waals surface area contributed by atoms with Crippen molar-refractivity contribution in [2.75, 3.05) is 6.54 Å². The van der Waals surface area contributed by atoms with Gasteiger partial charge in [-0.25, -0.2) is 0 Å². The lowest BCUT2D eigenvalue weighted by Gasteiger charge is -2.15. The van der Waals surface area contributed by atoms with Gasteiger partial charge >= 0.3 is 12.1 Å². The van der Waals surface area contributed by atoms with Crippen molar-refractivity contribution in [1.82, 2.24) is 5.32 Å². The Balaban J connectivity index is 3.91. The molecule has 0 saturated carbocycles. The first kappa shape index (κ1) is 13.2. The highest BCUT2D eigenvalue weighted by Crippen LogP contribution is 2.13. The van der Waals surface area contributed by atoms with Crippen LogP contribution >= 0.6 is 0 Å². The summed E-state index contributed by atoms with van der Waals surface area (Å²) in [4.78, 5) is 10.5. The van der Waals surface area contributed by atoms with Gasteiger partial charge in [-0.15, -0.1) is 0 Å². The predicted octanol–water partition coefficient (Wildman–Crippen LogP) is 1.78. The van der Waals surface area contributed by atoms with E-state index in [1.807, 2.05) is 12.2 Å². The molecule has 0 amide bonds. The second-order valence-corrected chi connectivity index (χ2v) is 3.03. The molecule has 14 heavy (non-hydrogen) atoms. The van der Waals surface area contributed by atoms with Crippen LogP contribution in [-0.2, 0) is 4.79 Å². The summed E-state index contributed by atoms with van der Waals surface area (Å²) in [6, 6.07) is -1.10. The molecule has 0 aliphatic carbocycles. The molecule has 2 N–H and O–H groups in total. The largest absolute Gasteiger partial charge is 0.480 e. The molecule has 0 aromatic heterocycles. The molecule has 1 atom stereocenters. The molecule has 0 bridgehead atoms. The Morgan fingerprint density at radius 1 is 1.50 bits per heavy atom. The minimum atomic E-state index is -4.36. The van der Waals surface area contributed by atoms with E-state index in [1.165, 1.54) is 0 Å². The van der Waals surface area contributed by atoms with E-state index in [4.69, 9.17) is 5.11 Å². The molecule has 0 aliphatic rings. The summed E-state index contributed by atoms with van der Waals surface area (Å²) < 4.78 is 35.2. The van der Waals surface area contributed by atoms with E-state index in [-0.39, 0.29) is 6.42 Å². The third kappa shape index (κ3) is 6.71. The topological polar surface area (TPSA) is 49.3 Å². The van der Waals surface area contributed by atoms with Crippen molar-refractivity contribution in [2.24, 2.45) is 0 Å². The van der Waals surface area contributed by atoms with Crippen molar-refractivity contribution in [2.45, 2.75) is 38.4 Å². The number of nitrogens with one attached hydrogen (secondary N) is 1. The molecule has 3 nitrogen and oxygen atoms in total. The van der Waals surface area contributed by atoms with Gasteiger partial charge < -0.3 is 5.11 Å². The van der Waals surface area contributed by atoms with Gasteiger partial charge in [0.15, 0.2) is 0 Å². The minimum Gasteiger partial charge on any atom is -0.480 e. The normalized spacial score (nSPS) is 14.0. The first-order chi connectivity index (χ1) is 6.37. The van der Waals surface area contributed by atoms with Crippen molar-refractivity contribution in [3.8, 4) is 0 Å². The zero-order valence-electron chi connectivity index (χ0n) is 7.90. The summed E-state index contributed by atoms with van der Waals surface area (Å²) in [5, 5.41) is 10.5. The van der Waals surface area contributed by atoms with E-state index < -0.39 is 24.7 Å². The second kappa shape index (κ2) is 5.85. The summed E-state index contributed by atoms with van der Waals surface area (Å²) >= 11 is 0. The third-order valence-corrected chi connectivity index (χ3v) is 1.69. The molecule has 0 heterocycles. The average Bonchev–Trinajstić information content (AvgIpc) is 2.01. The fourth-order valence-corrected chi connectivity index (χ4v) is 0.960. The molecule has 0 spiro atoms. The van der Waals surface area contributed by atoms with Crippen LogP contribution in [0, 0.1) is 0 Å². The molecule has 0 aromatic rings. The molecule has 0 aliphatic heterocycles. The van der Waals surface area contributed by atoms with Crippen LogP contribution in [-0.4, -0.2) is 29.8 Å². The van der Waals surface area contributed by atoms with Gasteiger partial charge in [-0.2, -0.15) is 13.2 Å². The first-order valence-corrected chi connectivity index (χ1v) is 4.39. The quantitative estimate of drug-likeness (QED) is 0.707. The lowest BCUT2D eigenvalue weighted by atomic mass is 10.1. The molecule has 0 radical (unpaired) electrons. The van der Waals surface area contributed by atoms with Crippen LogP contribution in [0.15, 0.2) is 0 Å². The number of unbranched alkanes of at least 4 members (excludes halogenated alkanes) is 1. The Morgan fingerprint density at radius 2 is 2.07 bits per heavy atom. The van der Waals surface area contributed by atoms with Gasteiger partial charge in [0, 0.05) is 0 Å². The number of hydrogen-bond acceptors (Lipinski definition) is 2. The van der Waals surface area contributed by atoms with E-state index >= 15 is 0 Å². The lowest BCUT2D eigenvalue weighted by molar-refractivity contribution is -0.143. The van der Waals surface area contributed by atoms with Crippen LogP contribution in [0.4, 0.5) is 13.2 Å². The van der Waals surface area contributed by atoms with Gasteiger partial charge in [0.05, 0.1) is 6.54 Å². The number of aliphatic carboxylic acids is 1. The number of halogens is 3. The maximum absolute atomic E-state index is 11.7. The highest BCUT2D eigenvalue weighted by Gasteiger charge is 2.29. The smallest absolute Gasteiger partial charge is 0.401 e. The number of alkyl halides is 3. The lowest BCUT2D eigenvalue weighted by Crippen LogP contribution is -2.41. The maximum Gasteiger partial charge on any atom is 0.401 e. The Kier molecular flexibility index (Phi) is 5.52. The van der Waals surface area contributed by atoms with Crippen LogP contribution in [0.1, 0.15) is 26.2 Å². The van der Waals surface area contributed by atoms with E-state index in [0.29, 0.717) is 6.42 Å². The van der Waals surface area contributed by atoms with Crippen LogP contribution in [0.3, 0.4) is 0 Å². The van der Waals surface area contributed by atoms with Crippen LogP contribution < -0.4 is 5.32 Å². The van der Waals surface area contributed by atoms with Crippen molar-refractivity contribution in [1.29, 1.82) is 0 Å². The first-order valence-electron chi connectivity index (χ1n) is 4.39. The summed E-state index contributed by atoms with van der Waals surface area (Å²) in [6.45, 7) is 0.594. The van der Waals surface area contributed by atoms with Crippen LogP contribution in [0.2, 0.25) is 0 Å². The number of carboxylic acid groups (broad SMARTS) is 1. The Hall–Kier alpha value is -0.780. The molecule has 1 unspecified atom stereocenters. The highest BCUT2D eigenvalue weighted by molar-refractivity contribution is 5.73. The second-order valence-electron chi connectivity index (χ2n) is 3.03. The van der Waals surface area contributed by atoms with Gasteiger partial charge in [0.1, 0.15) is 6.04 Å². The number of carbonyl (C=O) groups is 1. The molecular formula is C8H14F3NO2. The average molecular weight is 213 g/mol. The fraction of sp³-hybridized carbons (Fsp3) is 0.875. The SMILES string of the molecule is CCCCC(NCC(F)(F)F)C(=O)O. The Morgan fingerprint density at radius 3 is 2.43 bits per heavy atom. The van der Waals surface area contributed by atoms with Crippen molar-refractivity contribution in [3.63, 3.8) is 0 Å². The van der Waals surface area contributed by atoms with Crippen LogP contribution in [0.25, 0.3) is 0 Å². The van der Waals surface area contributed by atoms with Gasteiger partial charge in [0.25, 0.3) is 0 Å². The molecule has 0 rings (SSSR count). The number of carboxylic acids is 1. The van der Waals surface area contributed by atoms with Crippen molar-refractivity contribution in [3.05, 3.63) is 0 Å². The monoisotopic (exact) mass is 213 g/mol. The Bertz CT molecular complexity index is 182. The van der Waals surface area contributed by atoms with E-state index in [1.54, 1.807) is 0 Å². The van der Waals surface area contributed by atoms with E-state index in [2.05, 4.69) is 0 Å². The molecular weight excluding hydrogens is 199 g/mol. The highest BCUT2D eigenvalue weighted by atomic mass is 19.4. The van der Waals surface area contributed by atoms with E-state index in [9.17, 15) is 18.0 Å². The summed E-state index contributed by atoms with van der Waals surface area (Å²) in [5.74, 6) is -1.23. The third-order valence-electron chi connectivity index (χ3n) is 1.69. The van der Waals surface area contributed by atoms with Gasteiger partial charge in [-0.1, -0.05) is 19.8 Å². The predicted molar refractivity (Wildman–Crippen MR) is 45.0 cm³/mol. The standard InChI is InChI=1S/C8H14F3NO2/c1-2-3-4-6(7(13)14)12-5-8(9,10)11/h6,12H,2-5H2,1H3,(H,13,14). The molecule has 84 valence electrons. The number of rotatable bonds is 6. The van der Waals surface area contributed by atoms with Gasteiger partial charge in [0.2, 0.25) is 0 Å². The van der Waals surface area contributed by atoms with Gasteiger partial charge in [-0.05, 0) is 6.42 Å². The van der Waals surface area contributed by atoms with Gasteiger partial charge in [-0.3, -0.25) is 10.1 Å². The molecule has 0 saturated heterocycles. The summed E-state index contributed by atoms with van der Waals surface area (Å²) in [5.41, 5.74) is 0. The zero-order valence-corrected chi connectivity index (χ0v) is 7.90. The summed E-state index contributed by atoms with van der Waals surface area (Å²) in [7, 11) is 0. The van der Waals surface area contributed by atoms with Crippen LogP contribution in [0.5, 0.6) is 0 Å². The fourth-order valence-electron chi connectivity index (χ4n) is 0.960. The number of hydrogen-bond donors (Lipinski definition) is 2. The van der Waals surface area contributed by atoms with E-state index in [0.717, 1.165) is 6.42 Å². The van der Waals surface area contributed by atoms with Crippen molar-refractivity contribution >= 4 is 5.97 Å². The minimum absolute atomic E-state index is 0.224.